The Kier molecular flexibility index (Phi) is 4.22. The van der Waals surface area contributed by atoms with Crippen molar-refractivity contribution in [2.24, 2.45) is 40.9 Å². The number of hydrogen-bond donors (Lipinski definition) is 0. The van der Waals surface area contributed by atoms with Crippen molar-refractivity contribution in [3.63, 3.8) is 0 Å². The second-order valence-corrected chi connectivity index (χ2v) is 9.16. The van der Waals surface area contributed by atoms with Gasteiger partial charge in [-0.05, 0) is 73.0 Å². The van der Waals surface area contributed by atoms with Crippen LogP contribution in [0.4, 0.5) is 0 Å². The summed E-state index contributed by atoms with van der Waals surface area (Å²) in [5.74, 6) is 6.15. The highest BCUT2D eigenvalue weighted by Crippen LogP contribution is 2.60. The SMILES string of the molecule is CC(C)C1CC(C(C)(C)C2CCCC2)C2CCCCC12. The van der Waals surface area contributed by atoms with Gasteiger partial charge in [0.25, 0.3) is 0 Å². The quantitative estimate of drug-likeness (QED) is 0.567. The molecule has 116 valence electrons. The molecule has 0 aromatic carbocycles. The number of fused-ring (bicyclic) bond motifs is 1. The van der Waals surface area contributed by atoms with Gasteiger partial charge in [-0.25, -0.2) is 0 Å². The Bertz CT molecular complexity index is 321. The fraction of sp³-hybridized carbons (Fsp3) is 1.00. The summed E-state index contributed by atoms with van der Waals surface area (Å²) in [6, 6.07) is 0. The molecule has 0 aliphatic heterocycles. The molecule has 0 amide bonds. The monoisotopic (exact) mass is 276 g/mol. The average molecular weight is 277 g/mol. The van der Waals surface area contributed by atoms with Gasteiger partial charge in [0.15, 0.2) is 0 Å². The molecule has 0 aromatic heterocycles. The highest BCUT2D eigenvalue weighted by molar-refractivity contribution is 5.01. The topological polar surface area (TPSA) is 0 Å². The molecule has 4 unspecified atom stereocenters. The predicted molar refractivity (Wildman–Crippen MR) is 87.6 cm³/mol. The first kappa shape index (κ1) is 14.9. The van der Waals surface area contributed by atoms with E-state index in [1.165, 1.54) is 38.5 Å². The zero-order valence-corrected chi connectivity index (χ0v) is 14.3. The molecule has 3 aliphatic rings. The Morgan fingerprint density at radius 1 is 0.800 bits per heavy atom. The summed E-state index contributed by atoms with van der Waals surface area (Å²) in [7, 11) is 0. The molecule has 3 saturated carbocycles. The normalized spacial score (nSPS) is 39.5. The number of rotatable bonds is 3. The highest BCUT2D eigenvalue weighted by Gasteiger charge is 2.52. The second kappa shape index (κ2) is 5.65. The van der Waals surface area contributed by atoms with Crippen LogP contribution in [-0.4, -0.2) is 0 Å². The molecule has 4 atom stereocenters. The Morgan fingerprint density at radius 2 is 1.35 bits per heavy atom. The van der Waals surface area contributed by atoms with Crippen LogP contribution in [0.3, 0.4) is 0 Å². The Balaban J connectivity index is 1.81. The molecule has 0 spiro atoms. The van der Waals surface area contributed by atoms with Gasteiger partial charge in [-0.1, -0.05) is 53.4 Å². The molecule has 0 aromatic rings. The third kappa shape index (κ3) is 2.46. The van der Waals surface area contributed by atoms with E-state index >= 15 is 0 Å². The van der Waals surface area contributed by atoms with Crippen LogP contribution in [0.5, 0.6) is 0 Å². The van der Waals surface area contributed by atoms with Crippen LogP contribution in [0.15, 0.2) is 0 Å². The summed E-state index contributed by atoms with van der Waals surface area (Å²) >= 11 is 0. The first-order valence-corrected chi connectivity index (χ1v) is 9.51. The van der Waals surface area contributed by atoms with Gasteiger partial charge in [0.05, 0.1) is 0 Å². The summed E-state index contributed by atoms with van der Waals surface area (Å²) in [5, 5.41) is 0. The summed E-state index contributed by atoms with van der Waals surface area (Å²) < 4.78 is 0. The van der Waals surface area contributed by atoms with Crippen LogP contribution < -0.4 is 0 Å². The lowest BCUT2D eigenvalue weighted by molar-refractivity contribution is 0.0622. The molecule has 0 saturated heterocycles. The van der Waals surface area contributed by atoms with Crippen molar-refractivity contribution < 1.29 is 0 Å². The van der Waals surface area contributed by atoms with Crippen LogP contribution in [0.2, 0.25) is 0 Å². The molecule has 0 heterocycles. The zero-order chi connectivity index (χ0) is 14.3. The first-order valence-electron chi connectivity index (χ1n) is 9.51. The van der Waals surface area contributed by atoms with E-state index in [4.69, 9.17) is 0 Å². The van der Waals surface area contributed by atoms with E-state index in [1.807, 2.05) is 0 Å². The summed E-state index contributed by atoms with van der Waals surface area (Å²) in [6.07, 6.45) is 13.7. The molecular formula is C20H36. The van der Waals surface area contributed by atoms with Crippen molar-refractivity contribution in [3.8, 4) is 0 Å². The van der Waals surface area contributed by atoms with Gasteiger partial charge < -0.3 is 0 Å². The molecule has 0 nitrogen and oxygen atoms in total. The third-order valence-corrected chi connectivity index (χ3v) is 7.69. The number of hydrogen-bond acceptors (Lipinski definition) is 0. The maximum absolute atomic E-state index is 2.64. The summed E-state index contributed by atoms with van der Waals surface area (Å²) in [6.45, 7) is 10.3. The van der Waals surface area contributed by atoms with Crippen molar-refractivity contribution >= 4 is 0 Å². The van der Waals surface area contributed by atoms with Gasteiger partial charge in [-0.3, -0.25) is 0 Å². The van der Waals surface area contributed by atoms with Crippen molar-refractivity contribution in [2.45, 2.75) is 85.5 Å². The van der Waals surface area contributed by atoms with Gasteiger partial charge in [0.2, 0.25) is 0 Å². The lowest BCUT2D eigenvalue weighted by atomic mass is 9.62. The second-order valence-electron chi connectivity index (χ2n) is 9.16. The average Bonchev–Trinajstić information content (AvgIpc) is 3.07. The van der Waals surface area contributed by atoms with Gasteiger partial charge in [0.1, 0.15) is 0 Å². The molecule has 3 aliphatic carbocycles. The standard InChI is InChI=1S/C20H36/c1-14(2)18-13-19(17-12-8-7-11-16(17)18)20(3,4)15-9-5-6-10-15/h14-19H,5-13H2,1-4H3. The van der Waals surface area contributed by atoms with Gasteiger partial charge in [0, 0.05) is 0 Å². The zero-order valence-electron chi connectivity index (χ0n) is 14.3. The molecule has 0 radical (unpaired) electrons. The Labute approximate surface area is 127 Å². The van der Waals surface area contributed by atoms with Crippen LogP contribution in [0.25, 0.3) is 0 Å². The van der Waals surface area contributed by atoms with Crippen molar-refractivity contribution in [1.82, 2.24) is 0 Å². The minimum absolute atomic E-state index is 0.612. The fourth-order valence-electron chi connectivity index (χ4n) is 6.46. The maximum Gasteiger partial charge on any atom is -0.0295 e. The van der Waals surface area contributed by atoms with E-state index in [2.05, 4.69) is 27.7 Å². The van der Waals surface area contributed by atoms with E-state index < -0.39 is 0 Å². The van der Waals surface area contributed by atoms with Crippen LogP contribution in [-0.2, 0) is 0 Å². The first-order chi connectivity index (χ1) is 9.51. The molecule has 20 heavy (non-hydrogen) atoms. The van der Waals surface area contributed by atoms with Crippen molar-refractivity contribution in [1.29, 1.82) is 0 Å². The third-order valence-electron chi connectivity index (χ3n) is 7.69. The van der Waals surface area contributed by atoms with Gasteiger partial charge in [-0.2, -0.15) is 0 Å². The Hall–Kier alpha value is 0. The summed E-state index contributed by atoms with van der Waals surface area (Å²) in [5.41, 5.74) is 0.612. The van der Waals surface area contributed by atoms with E-state index in [0.717, 1.165) is 35.5 Å². The largest absolute Gasteiger partial charge is 0.0625 e. The van der Waals surface area contributed by atoms with Crippen LogP contribution >= 0.6 is 0 Å². The van der Waals surface area contributed by atoms with Crippen molar-refractivity contribution in [2.75, 3.05) is 0 Å². The van der Waals surface area contributed by atoms with Gasteiger partial charge in [-0.15, -0.1) is 0 Å². The van der Waals surface area contributed by atoms with Crippen LogP contribution in [0, 0.1) is 40.9 Å². The molecule has 3 fully saturated rings. The van der Waals surface area contributed by atoms with E-state index in [1.54, 1.807) is 19.3 Å². The minimum Gasteiger partial charge on any atom is -0.0625 e. The Morgan fingerprint density at radius 3 is 1.95 bits per heavy atom. The lowest BCUT2D eigenvalue weighted by Crippen LogP contribution is -2.35. The van der Waals surface area contributed by atoms with Gasteiger partial charge >= 0.3 is 0 Å². The molecule has 0 heteroatoms. The van der Waals surface area contributed by atoms with E-state index in [9.17, 15) is 0 Å². The predicted octanol–water partition coefficient (Wildman–Crippen LogP) is 6.30. The minimum atomic E-state index is 0.612. The lowest BCUT2D eigenvalue weighted by Gasteiger charge is -2.43. The molecule has 0 N–H and O–H groups in total. The smallest absolute Gasteiger partial charge is 0.0295 e. The molecule has 0 bridgehead atoms. The fourth-order valence-corrected chi connectivity index (χ4v) is 6.46. The van der Waals surface area contributed by atoms with E-state index in [-0.39, 0.29) is 0 Å². The molecule has 3 rings (SSSR count). The highest BCUT2D eigenvalue weighted by atomic mass is 14.6. The van der Waals surface area contributed by atoms with E-state index in [0.29, 0.717) is 5.41 Å². The molecular weight excluding hydrogens is 240 g/mol. The van der Waals surface area contributed by atoms with Crippen LogP contribution in [0.1, 0.15) is 85.5 Å². The maximum atomic E-state index is 2.64. The summed E-state index contributed by atoms with van der Waals surface area (Å²) in [4.78, 5) is 0. The van der Waals surface area contributed by atoms with Crippen molar-refractivity contribution in [3.05, 3.63) is 0 Å².